The molecule has 0 unspecified atom stereocenters. The smallest absolute Gasteiger partial charge is 0.287 e. The summed E-state index contributed by atoms with van der Waals surface area (Å²) >= 11 is 0. The fourth-order valence-electron chi connectivity index (χ4n) is 1.30. The molecule has 0 radical (unpaired) electrons. The molecule has 88 valence electrons. The number of nitriles is 1. The van der Waals surface area contributed by atoms with Gasteiger partial charge in [-0.25, -0.2) is 4.98 Å². The molecule has 0 aliphatic heterocycles. The van der Waals surface area contributed by atoms with Crippen molar-refractivity contribution in [3.8, 4) is 17.7 Å². The van der Waals surface area contributed by atoms with E-state index in [0.29, 0.717) is 11.3 Å². The van der Waals surface area contributed by atoms with Gasteiger partial charge in [0.15, 0.2) is 0 Å². The summed E-state index contributed by atoms with van der Waals surface area (Å²) in [5.41, 5.74) is 0.258. The number of rotatable bonds is 3. The van der Waals surface area contributed by atoms with Crippen LogP contribution in [-0.2, 0) is 0 Å². The van der Waals surface area contributed by atoms with Crippen molar-refractivity contribution < 1.29 is 9.66 Å². The Balaban J connectivity index is 2.24. The average Bonchev–Trinajstić information content (AvgIpc) is 2.40. The maximum atomic E-state index is 10.5. The van der Waals surface area contributed by atoms with E-state index in [4.69, 9.17) is 10.00 Å². The van der Waals surface area contributed by atoms with Gasteiger partial charge in [-0.3, -0.25) is 10.1 Å². The second-order valence-electron chi connectivity index (χ2n) is 3.32. The van der Waals surface area contributed by atoms with E-state index in [9.17, 15) is 10.1 Å². The van der Waals surface area contributed by atoms with Crippen molar-refractivity contribution in [2.45, 2.75) is 0 Å². The van der Waals surface area contributed by atoms with Crippen LogP contribution in [-0.4, -0.2) is 9.91 Å². The highest BCUT2D eigenvalue weighted by Crippen LogP contribution is 2.24. The van der Waals surface area contributed by atoms with Crippen LogP contribution in [0, 0.1) is 21.4 Å². The Hall–Kier alpha value is -2.94. The summed E-state index contributed by atoms with van der Waals surface area (Å²) < 4.78 is 5.38. The second-order valence-corrected chi connectivity index (χ2v) is 3.32. The number of hydrogen-bond acceptors (Lipinski definition) is 5. The summed E-state index contributed by atoms with van der Waals surface area (Å²) in [4.78, 5) is 13.7. The van der Waals surface area contributed by atoms with Crippen molar-refractivity contribution in [1.29, 1.82) is 5.26 Å². The molecule has 6 nitrogen and oxygen atoms in total. The van der Waals surface area contributed by atoms with E-state index >= 15 is 0 Å². The standard InChI is InChI=1S/C12H7N3O3/c13-7-9-3-1-2-4-11(9)18-12-6-5-10(8-14-12)15(16)17/h1-6,8H. The van der Waals surface area contributed by atoms with Gasteiger partial charge in [0.2, 0.25) is 5.88 Å². The third-order valence-electron chi connectivity index (χ3n) is 2.15. The first-order valence-corrected chi connectivity index (χ1v) is 4.98. The molecule has 2 rings (SSSR count). The van der Waals surface area contributed by atoms with Gasteiger partial charge in [-0.05, 0) is 12.1 Å². The SMILES string of the molecule is N#Cc1ccccc1Oc1ccc([N+](=O)[O-])cn1. The zero-order valence-corrected chi connectivity index (χ0v) is 9.11. The van der Waals surface area contributed by atoms with Crippen LogP contribution in [0.5, 0.6) is 11.6 Å². The van der Waals surface area contributed by atoms with Crippen molar-refractivity contribution in [1.82, 2.24) is 4.98 Å². The lowest BCUT2D eigenvalue weighted by Gasteiger charge is -2.05. The largest absolute Gasteiger partial charge is 0.438 e. The summed E-state index contributed by atoms with van der Waals surface area (Å²) in [6, 6.07) is 11.3. The van der Waals surface area contributed by atoms with Crippen LogP contribution in [0.1, 0.15) is 5.56 Å². The van der Waals surface area contributed by atoms with Crippen LogP contribution < -0.4 is 4.74 Å². The van der Waals surface area contributed by atoms with E-state index < -0.39 is 4.92 Å². The zero-order chi connectivity index (χ0) is 13.0. The van der Waals surface area contributed by atoms with Gasteiger partial charge in [0, 0.05) is 12.1 Å². The lowest BCUT2D eigenvalue weighted by atomic mass is 10.2. The predicted molar refractivity (Wildman–Crippen MR) is 62.1 cm³/mol. The van der Waals surface area contributed by atoms with Crippen molar-refractivity contribution in [2.75, 3.05) is 0 Å². The highest BCUT2D eigenvalue weighted by molar-refractivity contribution is 5.44. The summed E-state index contributed by atoms with van der Waals surface area (Å²) in [6.45, 7) is 0. The third-order valence-corrected chi connectivity index (χ3v) is 2.15. The summed E-state index contributed by atoms with van der Waals surface area (Å²) in [5.74, 6) is 0.560. The quantitative estimate of drug-likeness (QED) is 0.608. The lowest BCUT2D eigenvalue weighted by molar-refractivity contribution is -0.385. The summed E-state index contributed by atoms with van der Waals surface area (Å²) in [6.07, 6.45) is 1.10. The molecule has 0 amide bonds. The van der Waals surface area contributed by atoms with Crippen LogP contribution in [0.15, 0.2) is 42.6 Å². The number of aromatic nitrogens is 1. The molecule has 0 spiro atoms. The molecule has 1 aromatic heterocycles. The van der Waals surface area contributed by atoms with Crippen molar-refractivity contribution in [2.24, 2.45) is 0 Å². The minimum absolute atomic E-state index is 0.115. The Kier molecular flexibility index (Phi) is 3.16. The van der Waals surface area contributed by atoms with E-state index in [-0.39, 0.29) is 11.6 Å². The molecule has 0 fully saturated rings. The topological polar surface area (TPSA) is 89.0 Å². The van der Waals surface area contributed by atoms with Crippen molar-refractivity contribution >= 4 is 5.69 Å². The van der Waals surface area contributed by atoms with Crippen molar-refractivity contribution in [3.63, 3.8) is 0 Å². The molecule has 0 saturated heterocycles. The minimum Gasteiger partial charge on any atom is -0.438 e. The minimum atomic E-state index is -0.542. The second kappa shape index (κ2) is 4.93. The molecule has 0 aliphatic rings. The van der Waals surface area contributed by atoms with Gasteiger partial charge in [-0.2, -0.15) is 5.26 Å². The van der Waals surface area contributed by atoms with Gasteiger partial charge in [-0.15, -0.1) is 0 Å². The predicted octanol–water partition coefficient (Wildman–Crippen LogP) is 2.65. The normalized spacial score (nSPS) is 9.50. The highest BCUT2D eigenvalue weighted by Gasteiger charge is 2.08. The Bertz CT molecular complexity index is 617. The van der Waals surface area contributed by atoms with E-state index in [1.165, 1.54) is 12.1 Å². The van der Waals surface area contributed by atoms with E-state index in [1.54, 1.807) is 24.3 Å². The van der Waals surface area contributed by atoms with Gasteiger partial charge in [0.25, 0.3) is 5.69 Å². The first-order valence-electron chi connectivity index (χ1n) is 4.98. The molecular weight excluding hydrogens is 234 g/mol. The van der Waals surface area contributed by atoms with Gasteiger partial charge in [0.05, 0.1) is 10.5 Å². The fourth-order valence-corrected chi connectivity index (χ4v) is 1.30. The first-order chi connectivity index (χ1) is 8.70. The molecular formula is C12H7N3O3. The van der Waals surface area contributed by atoms with Crippen molar-refractivity contribution in [3.05, 3.63) is 58.3 Å². The molecule has 6 heteroatoms. The number of hydrogen-bond donors (Lipinski definition) is 0. The molecule has 0 N–H and O–H groups in total. The van der Waals surface area contributed by atoms with Gasteiger partial charge in [0.1, 0.15) is 18.0 Å². The van der Waals surface area contributed by atoms with E-state index in [0.717, 1.165) is 6.20 Å². The number of nitro groups is 1. The lowest BCUT2D eigenvalue weighted by Crippen LogP contribution is -1.92. The number of para-hydroxylation sites is 1. The Morgan fingerprint density at radius 3 is 2.67 bits per heavy atom. The Morgan fingerprint density at radius 2 is 2.06 bits per heavy atom. The van der Waals surface area contributed by atoms with Crippen LogP contribution in [0.3, 0.4) is 0 Å². The maximum Gasteiger partial charge on any atom is 0.287 e. The molecule has 18 heavy (non-hydrogen) atoms. The number of pyridine rings is 1. The Labute approximate surface area is 102 Å². The summed E-state index contributed by atoms with van der Waals surface area (Å²) in [5, 5.41) is 19.3. The first kappa shape index (κ1) is 11.5. The molecule has 0 aliphatic carbocycles. The van der Waals surface area contributed by atoms with Crippen LogP contribution in [0.2, 0.25) is 0 Å². The van der Waals surface area contributed by atoms with Crippen LogP contribution in [0.4, 0.5) is 5.69 Å². The van der Waals surface area contributed by atoms with Gasteiger partial charge < -0.3 is 4.74 Å². The van der Waals surface area contributed by atoms with Gasteiger partial charge >= 0.3 is 0 Å². The molecule has 1 aromatic carbocycles. The number of nitrogens with zero attached hydrogens (tertiary/aromatic N) is 3. The molecule has 0 saturated carbocycles. The number of benzene rings is 1. The summed E-state index contributed by atoms with van der Waals surface area (Å²) in [7, 11) is 0. The molecule has 1 heterocycles. The highest BCUT2D eigenvalue weighted by atomic mass is 16.6. The molecule has 0 atom stereocenters. The van der Waals surface area contributed by atoms with Crippen LogP contribution >= 0.6 is 0 Å². The average molecular weight is 241 g/mol. The van der Waals surface area contributed by atoms with Gasteiger partial charge in [-0.1, -0.05) is 12.1 Å². The van der Waals surface area contributed by atoms with E-state index in [2.05, 4.69) is 4.98 Å². The number of ether oxygens (including phenoxy) is 1. The maximum absolute atomic E-state index is 10.5. The van der Waals surface area contributed by atoms with Crippen LogP contribution in [0.25, 0.3) is 0 Å². The monoisotopic (exact) mass is 241 g/mol. The van der Waals surface area contributed by atoms with E-state index in [1.807, 2.05) is 6.07 Å². The fraction of sp³-hybridized carbons (Fsp3) is 0. The molecule has 2 aromatic rings. The zero-order valence-electron chi connectivity index (χ0n) is 9.11. The Morgan fingerprint density at radius 1 is 1.28 bits per heavy atom. The third kappa shape index (κ3) is 2.41. The molecule has 0 bridgehead atoms.